The Labute approximate surface area is 106 Å². The lowest BCUT2D eigenvalue weighted by Crippen LogP contribution is -2.42. The number of nitrogens with zero attached hydrogens (tertiary/aromatic N) is 1. The average molecular weight is 266 g/mol. The predicted molar refractivity (Wildman–Crippen MR) is 62.9 cm³/mol. The standard InChI is InChI=1S/C12H21F3N2O/c1-2-3-6-17(8-12(13,14)15)11(18)9-4-5-10(16)7-9/h9-10H,2-8,16H2,1H3/t9-,10-/m0/s1. The fourth-order valence-corrected chi connectivity index (χ4v) is 2.33. The van der Waals surface area contributed by atoms with Crippen molar-refractivity contribution < 1.29 is 18.0 Å². The second kappa shape index (κ2) is 6.41. The summed E-state index contributed by atoms with van der Waals surface area (Å²) in [6.45, 7) is 0.930. The maximum absolute atomic E-state index is 12.4. The zero-order valence-corrected chi connectivity index (χ0v) is 10.7. The number of unbranched alkanes of at least 4 members (excludes halogenated alkanes) is 1. The first-order valence-corrected chi connectivity index (χ1v) is 6.44. The molecule has 18 heavy (non-hydrogen) atoms. The van der Waals surface area contributed by atoms with Gasteiger partial charge in [0, 0.05) is 18.5 Å². The van der Waals surface area contributed by atoms with E-state index in [2.05, 4.69) is 0 Å². The Morgan fingerprint density at radius 2 is 2.06 bits per heavy atom. The first-order valence-electron chi connectivity index (χ1n) is 6.44. The highest BCUT2D eigenvalue weighted by molar-refractivity contribution is 5.79. The molecule has 0 aromatic heterocycles. The molecule has 1 saturated carbocycles. The molecular formula is C12H21F3N2O. The SMILES string of the molecule is CCCCN(CC(F)(F)F)C(=O)[C@H]1CC[C@H](N)C1. The lowest BCUT2D eigenvalue weighted by molar-refractivity contribution is -0.163. The van der Waals surface area contributed by atoms with Gasteiger partial charge in [0.1, 0.15) is 6.54 Å². The number of carbonyl (C=O) groups is 1. The zero-order valence-electron chi connectivity index (χ0n) is 10.7. The molecule has 2 N–H and O–H groups in total. The number of halogens is 3. The van der Waals surface area contributed by atoms with Crippen LogP contribution in [0.4, 0.5) is 13.2 Å². The van der Waals surface area contributed by atoms with E-state index in [4.69, 9.17) is 5.73 Å². The van der Waals surface area contributed by atoms with E-state index in [9.17, 15) is 18.0 Å². The molecule has 0 bridgehead atoms. The third-order valence-corrected chi connectivity index (χ3v) is 3.29. The van der Waals surface area contributed by atoms with Gasteiger partial charge in [0.25, 0.3) is 0 Å². The van der Waals surface area contributed by atoms with Gasteiger partial charge in [-0.1, -0.05) is 13.3 Å². The lowest BCUT2D eigenvalue weighted by atomic mass is 10.1. The van der Waals surface area contributed by atoms with Crippen LogP contribution in [0.2, 0.25) is 0 Å². The Kier molecular flexibility index (Phi) is 5.44. The number of rotatable bonds is 5. The first-order chi connectivity index (χ1) is 8.33. The molecule has 3 nitrogen and oxygen atoms in total. The summed E-state index contributed by atoms with van der Waals surface area (Å²) in [4.78, 5) is 13.0. The highest BCUT2D eigenvalue weighted by atomic mass is 19.4. The Morgan fingerprint density at radius 1 is 1.39 bits per heavy atom. The van der Waals surface area contributed by atoms with Gasteiger partial charge < -0.3 is 10.6 Å². The summed E-state index contributed by atoms with van der Waals surface area (Å²) < 4.78 is 37.3. The fourth-order valence-electron chi connectivity index (χ4n) is 2.33. The van der Waals surface area contributed by atoms with Crippen LogP contribution in [0.3, 0.4) is 0 Å². The Bertz CT molecular complexity index is 281. The van der Waals surface area contributed by atoms with Crippen molar-refractivity contribution in [1.82, 2.24) is 4.90 Å². The third-order valence-electron chi connectivity index (χ3n) is 3.29. The van der Waals surface area contributed by atoms with Gasteiger partial charge in [-0.05, 0) is 25.7 Å². The van der Waals surface area contributed by atoms with Crippen LogP contribution in [0.5, 0.6) is 0 Å². The maximum Gasteiger partial charge on any atom is 0.406 e. The molecule has 6 heteroatoms. The van der Waals surface area contributed by atoms with Crippen LogP contribution in [0.1, 0.15) is 39.0 Å². The highest BCUT2D eigenvalue weighted by Gasteiger charge is 2.37. The van der Waals surface area contributed by atoms with Crippen molar-refractivity contribution in [3.05, 3.63) is 0 Å². The average Bonchev–Trinajstić information content (AvgIpc) is 2.68. The normalized spacial score (nSPS) is 24.3. The second-order valence-corrected chi connectivity index (χ2v) is 5.00. The molecule has 0 aromatic carbocycles. The summed E-state index contributed by atoms with van der Waals surface area (Å²) >= 11 is 0. The van der Waals surface area contributed by atoms with Gasteiger partial charge in [0.15, 0.2) is 0 Å². The molecule has 0 heterocycles. The quantitative estimate of drug-likeness (QED) is 0.830. The van der Waals surface area contributed by atoms with Crippen molar-refractivity contribution in [3.8, 4) is 0 Å². The minimum atomic E-state index is -4.33. The highest BCUT2D eigenvalue weighted by Crippen LogP contribution is 2.27. The molecular weight excluding hydrogens is 245 g/mol. The predicted octanol–water partition coefficient (Wildman–Crippen LogP) is 2.30. The van der Waals surface area contributed by atoms with Gasteiger partial charge >= 0.3 is 6.18 Å². The van der Waals surface area contributed by atoms with Gasteiger partial charge in [-0.25, -0.2) is 0 Å². The van der Waals surface area contributed by atoms with Crippen molar-refractivity contribution in [1.29, 1.82) is 0 Å². The number of carbonyl (C=O) groups excluding carboxylic acids is 1. The van der Waals surface area contributed by atoms with Crippen molar-refractivity contribution in [2.24, 2.45) is 11.7 Å². The molecule has 0 unspecified atom stereocenters. The van der Waals surface area contributed by atoms with E-state index in [0.29, 0.717) is 19.3 Å². The van der Waals surface area contributed by atoms with E-state index in [-0.39, 0.29) is 24.4 Å². The van der Waals surface area contributed by atoms with E-state index in [1.165, 1.54) is 0 Å². The van der Waals surface area contributed by atoms with Gasteiger partial charge in [-0.2, -0.15) is 13.2 Å². The molecule has 1 aliphatic carbocycles. The second-order valence-electron chi connectivity index (χ2n) is 5.00. The van der Waals surface area contributed by atoms with Crippen LogP contribution in [-0.2, 0) is 4.79 Å². The topological polar surface area (TPSA) is 46.3 Å². The van der Waals surface area contributed by atoms with E-state index in [1.54, 1.807) is 0 Å². The summed E-state index contributed by atoms with van der Waals surface area (Å²) in [5.74, 6) is -0.701. The van der Waals surface area contributed by atoms with Crippen molar-refractivity contribution >= 4 is 5.91 Å². The van der Waals surface area contributed by atoms with Gasteiger partial charge in [-0.3, -0.25) is 4.79 Å². The minimum Gasteiger partial charge on any atom is -0.333 e. The van der Waals surface area contributed by atoms with Crippen molar-refractivity contribution in [2.75, 3.05) is 13.1 Å². The van der Waals surface area contributed by atoms with E-state index in [0.717, 1.165) is 17.7 Å². The maximum atomic E-state index is 12.4. The van der Waals surface area contributed by atoms with E-state index in [1.807, 2.05) is 6.92 Å². The summed E-state index contributed by atoms with van der Waals surface area (Å²) in [5, 5.41) is 0. The van der Waals surface area contributed by atoms with Crippen LogP contribution in [0, 0.1) is 5.92 Å². The summed E-state index contributed by atoms with van der Waals surface area (Å²) in [6.07, 6.45) is -1.11. The monoisotopic (exact) mass is 266 g/mol. The molecule has 0 spiro atoms. The number of amides is 1. The Hall–Kier alpha value is -0.780. The molecule has 0 aromatic rings. The van der Waals surface area contributed by atoms with Crippen molar-refractivity contribution in [2.45, 2.75) is 51.2 Å². The van der Waals surface area contributed by atoms with Gasteiger partial charge in [0.2, 0.25) is 5.91 Å². The lowest BCUT2D eigenvalue weighted by Gasteiger charge is -2.26. The number of alkyl halides is 3. The minimum absolute atomic E-state index is 0.0436. The molecule has 106 valence electrons. The molecule has 0 saturated heterocycles. The fraction of sp³-hybridized carbons (Fsp3) is 0.917. The van der Waals surface area contributed by atoms with Crippen molar-refractivity contribution in [3.63, 3.8) is 0 Å². The number of hydrogen-bond acceptors (Lipinski definition) is 2. The molecule has 1 amide bonds. The molecule has 0 aliphatic heterocycles. The third kappa shape index (κ3) is 4.84. The zero-order chi connectivity index (χ0) is 13.8. The van der Waals surface area contributed by atoms with Crippen LogP contribution in [0.15, 0.2) is 0 Å². The molecule has 1 aliphatic rings. The van der Waals surface area contributed by atoms with Crippen LogP contribution in [-0.4, -0.2) is 36.1 Å². The molecule has 1 rings (SSSR count). The van der Waals surface area contributed by atoms with Gasteiger partial charge in [-0.15, -0.1) is 0 Å². The number of nitrogens with two attached hydrogens (primary N) is 1. The van der Waals surface area contributed by atoms with Crippen LogP contribution in [0.25, 0.3) is 0 Å². The Balaban J connectivity index is 2.60. The Morgan fingerprint density at radius 3 is 2.50 bits per heavy atom. The van der Waals surface area contributed by atoms with E-state index < -0.39 is 12.7 Å². The molecule has 2 atom stereocenters. The van der Waals surface area contributed by atoms with Crippen LogP contribution < -0.4 is 5.73 Å². The molecule has 1 fully saturated rings. The molecule has 0 radical (unpaired) electrons. The van der Waals surface area contributed by atoms with Gasteiger partial charge in [0.05, 0.1) is 0 Å². The van der Waals surface area contributed by atoms with E-state index >= 15 is 0 Å². The number of hydrogen-bond donors (Lipinski definition) is 1. The summed E-state index contributed by atoms with van der Waals surface area (Å²) in [5.41, 5.74) is 5.70. The first kappa shape index (κ1) is 15.3. The summed E-state index contributed by atoms with van der Waals surface area (Å²) in [6, 6.07) is -0.0436. The summed E-state index contributed by atoms with van der Waals surface area (Å²) in [7, 11) is 0. The van der Waals surface area contributed by atoms with Crippen LogP contribution >= 0.6 is 0 Å². The smallest absolute Gasteiger partial charge is 0.333 e. The largest absolute Gasteiger partial charge is 0.406 e.